The average Bonchev–Trinajstić information content (AvgIpc) is 3.09. The molecule has 0 bridgehead atoms. The molecule has 1 aliphatic heterocycles. The van der Waals surface area contributed by atoms with E-state index in [9.17, 15) is 9.59 Å². The summed E-state index contributed by atoms with van der Waals surface area (Å²) in [6.07, 6.45) is 0. The van der Waals surface area contributed by atoms with Crippen molar-refractivity contribution in [2.45, 2.75) is 26.9 Å². The van der Waals surface area contributed by atoms with Crippen molar-refractivity contribution in [1.82, 2.24) is 9.80 Å². The molecule has 0 saturated heterocycles. The lowest BCUT2D eigenvalue weighted by molar-refractivity contribution is -0.138. The maximum atomic E-state index is 13.6. The van der Waals surface area contributed by atoms with Crippen molar-refractivity contribution >= 4 is 17.4 Å². The van der Waals surface area contributed by atoms with Crippen LogP contribution in [0.2, 0.25) is 0 Å². The SMILES string of the molecule is CCOc1ccc(C2=C(N(CC)Cc3ccccc3)C(=O)N(Cc3ccccc3)C2=O)cc1. The fourth-order valence-corrected chi connectivity index (χ4v) is 4.06. The Balaban J connectivity index is 1.74. The Morgan fingerprint density at radius 1 is 0.758 bits per heavy atom. The second-order valence-electron chi connectivity index (χ2n) is 7.86. The van der Waals surface area contributed by atoms with Gasteiger partial charge in [0.05, 0.1) is 18.7 Å². The number of amides is 2. The molecule has 0 fully saturated rings. The van der Waals surface area contributed by atoms with Gasteiger partial charge in [-0.15, -0.1) is 0 Å². The first-order valence-corrected chi connectivity index (χ1v) is 11.3. The van der Waals surface area contributed by atoms with E-state index >= 15 is 0 Å². The van der Waals surface area contributed by atoms with Gasteiger partial charge in [0.15, 0.2) is 0 Å². The molecule has 5 heteroatoms. The summed E-state index contributed by atoms with van der Waals surface area (Å²) in [5.41, 5.74) is 3.61. The number of likely N-dealkylation sites (N-methyl/N-ethyl adjacent to an activating group) is 1. The molecule has 168 valence electrons. The van der Waals surface area contributed by atoms with E-state index in [0.717, 1.165) is 16.9 Å². The second kappa shape index (κ2) is 10.2. The third kappa shape index (κ3) is 4.82. The number of nitrogens with zero attached hydrogens (tertiary/aromatic N) is 2. The zero-order valence-electron chi connectivity index (χ0n) is 19.0. The monoisotopic (exact) mass is 440 g/mol. The number of ether oxygens (including phenoxy) is 1. The molecule has 0 saturated carbocycles. The van der Waals surface area contributed by atoms with Crippen molar-refractivity contribution in [3.8, 4) is 5.75 Å². The smallest absolute Gasteiger partial charge is 0.278 e. The molecule has 5 nitrogen and oxygen atoms in total. The van der Waals surface area contributed by atoms with Crippen LogP contribution in [0.1, 0.15) is 30.5 Å². The third-order valence-corrected chi connectivity index (χ3v) is 5.70. The Hall–Kier alpha value is -3.86. The molecule has 1 aliphatic rings. The van der Waals surface area contributed by atoms with Crippen LogP contribution in [0.4, 0.5) is 0 Å². The number of imide groups is 1. The first kappa shape index (κ1) is 22.3. The van der Waals surface area contributed by atoms with Crippen LogP contribution >= 0.6 is 0 Å². The van der Waals surface area contributed by atoms with E-state index in [0.29, 0.717) is 36.5 Å². The Morgan fingerprint density at radius 3 is 1.94 bits per heavy atom. The Bertz CT molecular complexity index is 1140. The van der Waals surface area contributed by atoms with Crippen LogP contribution < -0.4 is 4.74 Å². The minimum atomic E-state index is -0.269. The molecular weight excluding hydrogens is 412 g/mol. The number of hydrogen-bond acceptors (Lipinski definition) is 4. The molecule has 3 aromatic carbocycles. The van der Waals surface area contributed by atoms with Gasteiger partial charge in [-0.05, 0) is 42.7 Å². The van der Waals surface area contributed by atoms with Gasteiger partial charge in [0, 0.05) is 13.1 Å². The van der Waals surface area contributed by atoms with Crippen LogP contribution in [-0.2, 0) is 22.7 Å². The van der Waals surface area contributed by atoms with Gasteiger partial charge in [-0.25, -0.2) is 0 Å². The normalized spacial score (nSPS) is 13.6. The number of carbonyl (C=O) groups is 2. The summed E-state index contributed by atoms with van der Waals surface area (Å²) in [6.45, 7) is 5.89. The van der Waals surface area contributed by atoms with Gasteiger partial charge in [-0.1, -0.05) is 72.8 Å². The molecule has 0 unspecified atom stereocenters. The van der Waals surface area contributed by atoms with Crippen LogP contribution in [-0.4, -0.2) is 34.8 Å². The van der Waals surface area contributed by atoms with Crippen molar-refractivity contribution in [1.29, 1.82) is 0 Å². The Morgan fingerprint density at radius 2 is 1.36 bits per heavy atom. The quantitative estimate of drug-likeness (QED) is 0.445. The van der Waals surface area contributed by atoms with Crippen LogP contribution in [0, 0.1) is 0 Å². The summed E-state index contributed by atoms with van der Waals surface area (Å²) in [4.78, 5) is 30.6. The lowest BCUT2D eigenvalue weighted by Gasteiger charge is -2.25. The summed E-state index contributed by atoms with van der Waals surface area (Å²) in [5, 5.41) is 0. The number of rotatable bonds is 9. The third-order valence-electron chi connectivity index (χ3n) is 5.70. The molecule has 0 aromatic heterocycles. The Labute approximate surface area is 194 Å². The minimum absolute atomic E-state index is 0.241. The lowest BCUT2D eigenvalue weighted by atomic mass is 10.0. The van der Waals surface area contributed by atoms with E-state index < -0.39 is 0 Å². The summed E-state index contributed by atoms with van der Waals surface area (Å²) in [6, 6.07) is 27.0. The molecule has 2 amide bonds. The van der Waals surface area contributed by atoms with Gasteiger partial charge in [0.2, 0.25) is 0 Å². The van der Waals surface area contributed by atoms with Crippen molar-refractivity contribution in [3.63, 3.8) is 0 Å². The summed E-state index contributed by atoms with van der Waals surface area (Å²) in [7, 11) is 0. The molecular formula is C28H28N2O3. The van der Waals surface area contributed by atoms with E-state index in [1.807, 2.05) is 104 Å². The van der Waals surface area contributed by atoms with Gasteiger partial charge in [0.25, 0.3) is 11.8 Å². The molecule has 4 rings (SSSR count). The zero-order chi connectivity index (χ0) is 23.2. The highest BCUT2D eigenvalue weighted by molar-refractivity contribution is 6.35. The first-order valence-electron chi connectivity index (χ1n) is 11.3. The molecule has 0 aliphatic carbocycles. The fraction of sp³-hybridized carbons (Fsp3) is 0.214. The molecule has 3 aromatic rings. The molecule has 33 heavy (non-hydrogen) atoms. The van der Waals surface area contributed by atoms with Crippen molar-refractivity contribution in [2.75, 3.05) is 13.2 Å². The Kier molecular flexibility index (Phi) is 6.89. The second-order valence-corrected chi connectivity index (χ2v) is 7.86. The van der Waals surface area contributed by atoms with Crippen molar-refractivity contribution in [2.24, 2.45) is 0 Å². The predicted octanol–water partition coefficient (Wildman–Crippen LogP) is 4.89. The van der Waals surface area contributed by atoms with Gasteiger partial charge in [0.1, 0.15) is 11.4 Å². The van der Waals surface area contributed by atoms with Crippen molar-refractivity contribution < 1.29 is 14.3 Å². The highest BCUT2D eigenvalue weighted by Gasteiger charge is 2.41. The molecule has 1 heterocycles. The predicted molar refractivity (Wildman–Crippen MR) is 129 cm³/mol. The molecule has 0 radical (unpaired) electrons. The summed E-state index contributed by atoms with van der Waals surface area (Å²) >= 11 is 0. The highest BCUT2D eigenvalue weighted by atomic mass is 16.5. The summed E-state index contributed by atoms with van der Waals surface area (Å²) in [5.74, 6) is 0.206. The first-order chi connectivity index (χ1) is 16.1. The number of carbonyl (C=O) groups excluding carboxylic acids is 2. The lowest BCUT2D eigenvalue weighted by Crippen LogP contribution is -2.34. The van der Waals surface area contributed by atoms with E-state index in [2.05, 4.69) is 0 Å². The van der Waals surface area contributed by atoms with E-state index in [1.165, 1.54) is 4.90 Å². The molecule has 0 spiro atoms. The fourth-order valence-electron chi connectivity index (χ4n) is 4.06. The maximum Gasteiger partial charge on any atom is 0.278 e. The van der Waals surface area contributed by atoms with Crippen LogP contribution in [0.25, 0.3) is 5.57 Å². The van der Waals surface area contributed by atoms with Crippen LogP contribution in [0.15, 0.2) is 90.6 Å². The van der Waals surface area contributed by atoms with Gasteiger partial charge < -0.3 is 9.64 Å². The van der Waals surface area contributed by atoms with Crippen molar-refractivity contribution in [3.05, 3.63) is 107 Å². The highest BCUT2D eigenvalue weighted by Crippen LogP contribution is 2.34. The maximum absolute atomic E-state index is 13.6. The van der Waals surface area contributed by atoms with Crippen LogP contribution in [0.5, 0.6) is 5.75 Å². The largest absolute Gasteiger partial charge is 0.494 e. The van der Waals surface area contributed by atoms with E-state index in [1.54, 1.807) is 0 Å². The molecule has 0 atom stereocenters. The topological polar surface area (TPSA) is 49.9 Å². The van der Waals surface area contributed by atoms with Gasteiger partial charge >= 0.3 is 0 Å². The minimum Gasteiger partial charge on any atom is -0.494 e. The number of benzene rings is 3. The summed E-state index contributed by atoms with van der Waals surface area (Å²) < 4.78 is 5.56. The number of hydrogen-bond donors (Lipinski definition) is 0. The molecule has 0 N–H and O–H groups in total. The van der Waals surface area contributed by atoms with E-state index in [4.69, 9.17) is 4.74 Å². The standard InChI is InChI=1S/C28H28N2O3/c1-3-29(19-21-11-7-5-8-12-21)26-25(23-15-17-24(18-16-23)33-4-2)27(31)30(28(26)32)20-22-13-9-6-10-14-22/h5-18H,3-4,19-20H2,1-2H3. The van der Waals surface area contributed by atoms with Gasteiger partial charge in [-0.3, -0.25) is 14.5 Å². The average molecular weight is 441 g/mol. The van der Waals surface area contributed by atoms with Gasteiger partial charge in [-0.2, -0.15) is 0 Å². The zero-order valence-corrected chi connectivity index (χ0v) is 19.0. The van der Waals surface area contributed by atoms with E-state index in [-0.39, 0.29) is 18.4 Å². The van der Waals surface area contributed by atoms with Crippen LogP contribution in [0.3, 0.4) is 0 Å².